The molecular weight excluding hydrogens is 1200 g/mol. The summed E-state index contributed by atoms with van der Waals surface area (Å²) in [6.45, 7) is 21.3. The molecule has 6 aromatic rings. The fraction of sp³-hybridized carbons (Fsp3) is 0.458. The summed E-state index contributed by atoms with van der Waals surface area (Å²) >= 11 is 14.4. The molecule has 0 spiro atoms. The maximum absolute atomic E-state index is 10.1. The van der Waals surface area contributed by atoms with Crippen molar-refractivity contribution in [2.75, 3.05) is 45.9 Å². The Kier molecular flexibility index (Phi) is 30.9. The first-order valence-corrected chi connectivity index (χ1v) is 28.3. The zero-order chi connectivity index (χ0) is 63.0. The molecule has 0 bridgehead atoms. The van der Waals surface area contributed by atoms with E-state index in [2.05, 4.69) is 76.7 Å². The fourth-order valence-corrected chi connectivity index (χ4v) is 8.09. The summed E-state index contributed by atoms with van der Waals surface area (Å²) in [7, 11) is 4.32. The average Bonchev–Trinajstić information content (AvgIpc) is 3.13. The van der Waals surface area contributed by atoms with Gasteiger partial charge in [-0.1, -0.05) is 68.8 Å². The Balaban J connectivity index is 0.000000267. The second-order valence-corrected chi connectivity index (χ2v) is 22.4. The summed E-state index contributed by atoms with van der Waals surface area (Å²) in [6.07, 6.45) is 6.26. The van der Waals surface area contributed by atoms with Crippen LogP contribution in [0.15, 0.2) is 94.5 Å². The van der Waals surface area contributed by atoms with E-state index in [1.165, 1.54) is 6.92 Å². The van der Waals surface area contributed by atoms with Crippen LogP contribution in [0.4, 0.5) is 0 Å². The number of ether oxygens (including phenoxy) is 4. The number of aromatic nitrogens is 6. The first-order chi connectivity index (χ1) is 40.8. The van der Waals surface area contributed by atoms with Gasteiger partial charge in [-0.25, -0.2) is 29.3 Å². The van der Waals surface area contributed by atoms with Crippen LogP contribution in [0.25, 0.3) is 22.6 Å². The van der Waals surface area contributed by atoms with Crippen molar-refractivity contribution in [3.05, 3.63) is 120 Å². The van der Waals surface area contributed by atoms with Crippen molar-refractivity contribution in [3.8, 4) is 46.3 Å². The topological polar surface area (TPSA) is 276 Å². The van der Waals surface area contributed by atoms with Crippen LogP contribution >= 0.6 is 34.8 Å². The summed E-state index contributed by atoms with van der Waals surface area (Å²) < 4.78 is 39.3. The SMILES string of the molecule is CC(=O)OOC(C)=O.CC1(C)OC[C@H](C=O)O1.C[C@H](O)c1nccn1Cc1cc(-c2ccc(C#CC3CN(C[C@H]4COC(C)(C)O4)C3)cc2)on1.C[C@H](O)c1nccn1Cc1cc(-c2ccc(C#CC3CNC3)cc2)on1.ClC(Cl)Cl.[B-]OC(C)=O.[Na+]. The monoisotopic (exact) mass is 1270 g/mol. The number of benzene rings is 2. The number of likely N-dealkylation sites (tertiary alicyclic amines) is 1. The third kappa shape index (κ3) is 26.8. The van der Waals surface area contributed by atoms with Crippen molar-refractivity contribution in [1.29, 1.82) is 0 Å². The van der Waals surface area contributed by atoms with Gasteiger partial charge in [-0.2, -0.15) is 0 Å². The summed E-state index contributed by atoms with van der Waals surface area (Å²) in [5, 5.41) is 31.1. The number of halogens is 3. The van der Waals surface area contributed by atoms with Crippen molar-refractivity contribution in [2.45, 2.75) is 116 Å². The van der Waals surface area contributed by atoms with E-state index in [1.54, 1.807) is 40.1 Å². The van der Waals surface area contributed by atoms with Gasteiger partial charge < -0.3 is 70.2 Å². The molecule has 8 heterocycles. The third-order valence-corrected chi connectivity index (χ3v) is 12.1. The molecule has 4 aromatic heterocycles. The summed E-state index contributed by atoms with van der Waals surface area (Å²) in [4.78, 5) is 57.6. The molecule has 4 aliphatic heterocycles. The van der Waals surface area contributed by atoms with Gasteiger partial charge in [0, 0.05) is 125 Å². The molecule has 4 fully saturated rings. The van der Waals surface area contributed by atoms with Gasteiger partial charge in [-0.15, -0.1) is 0 Å². The molecule has 4 aliphatic rings. The van der Waals surface area contributed by atoms with Gasteiger partial charge >= 0.3 is 41.5 Å². The standard InChI is InChI=1S/C26H30N4O4.C20H20N4O2.C6H10O3.C4H6O4.C2H3BO2.CHCl3.Na/c1-18(31)25-27-10-11-30(25)15-22-12-24(34-28-22)21-8-6-19(7-9-21)4-5-20-13-29(14-20)16-23-17-32-26(2,3)33-23;1-14(25)20-22-8-9-24(20)13-18-10-19(26-23-18)17-6-4-15(5-7-17)2-3-16-11-21-12-16;1-6(2)8-4-5(3-7)9-6;1-3(5)7-8-4(2)6;1-2(4)5-3;2-1(3)4;/h6-12,18,20,23,31H,13-17H2,1-3H3;4-10,14,16,21,25H,11-13H2,1H3;3,5H,4H2,1-2H3;1-2H3;1H3;1H;/q;;;;-1;;+1/t18-,23-;14-;5-;;;;/m000..../s1. The van der Waals surface area contributed by atoms with E-state index >= 15 is 0 Å². The summed E-state index contributed by atoms with van der Waals surface area (Å²) in [5.74, 6) is 13.9. The third-order valence-electron chi connectivity index (χ3n) is 12.1. The van der Waals surface area contributed by atoms with Crippen molar-refractivity contribution < 1.29 is 101 Å². The van der Waals surface area contributed by atoms with Gasteiger partial charge in [-0.3, -0.25) is 9.69 Å². The van der Waals surface area contributed by atoms with Gasteiger partial charge in [0.05, 0.1) is 32.4 Å². The minimum Gasteiger partial charge on any atom is -0.793 e. The van der Waals surface area contributed by atoms with Gasteiger partial charge in [0.15, 0.2) is 33.7 Å². The van der Waals surface area contributed by atoms with Crippen molar-refractivity contribution >= 4 is 67.0 Å². The first kappa shape index (κ1) is 73.6. The first-order valence-electron chi connectivity index (χ1n) is 27.0. The minimum absolute atomic E-state index is 0. The number of imidazole rings is 2. The molecule has 4 saturated heterocycles. The quantitative estimate of drug-likeness (QED) is 0.0408. The number of nitrogens with one attached hydrogen (secondary N) is 1. The van der Waals surface area contributed by atoms with Crippen LogP contribution in [-0.2, 0) is 65.6 Å². The predicted octanol–water partition coefficient (Wildman–Crippen LogP) is 4.27. The van der Waals surface area contributed by atoms with E-state index in [0.717, 1.165) is 86.5 Å². The Bertz CT molecular complexity index is 3200. The van der Waals surface area contributed by atoms with E-state index in [-0.39, 0.29) is 41.8 Å². The van der Waals surface area contributed by atoms with Crippen LogP contribution in [0.3, 0.4) is 0 Å². The Morgan fingerprint density at radius 2 is 1.15 bits per heavy atom. The Labute approximate surface area is 543 Å². The van der Waals surface area contributed by atoms with Crippen LogP contribution in [0, 0.1) is 35.5 Å². The molecule has 4 atom stereocenters. The maximum atomic E-state index is 10.1. The molecule has 23 nitrogen and oxygen atoms in total. The van der Waals surface area contributed by atoms with Crippen LogP contribution in [0.2, 0.25) is 0 Å². The van der Waals surface area contributed by atoms with Gasteiger partial charge in [0.2, 0.25) is 5.97 Å². The van der Waals surface area contributed by atoms with Crippen molar-refractivity contribution in [3.63, 3.8) is 0 Å². The normalized spacial score (nSPS) is 17.7. The number of carbonyl (C=O) groups is 4. The van der Waals surface area contributed by atoms with E-state index in [0.29, 0.717) is 61.3 Å². The van der Waals surface area contributed by atoms with Crippen LogP contribution < -0.4 is 34.9 Å². The fourth-order valence-electron chi connectivity index (χ4n) is 8.09. The van der Waals surface area contributed by atoms with Gasteiger partial charge in [-0.05, 0) is 90.1 Å². The Morgan fingerprint density at radius 3 is 1.48 bits per heavy atom. The number of aliphatic hydroxyl groups is 2. The second kappa shape index (κ2) is 36.5. The number of aldehydes is 1. The number of carbonyl (C=O) groups excluding carboxylic acids is 4. The molecule has 0 unspecified atom stereocenters. The van der Waals surface area contributed by atoms with Crippen molar-refractivity contribution in [1.82, 2.24) is 39.6 Å². The molecule has 461 valence electrons. The number of hydrogen-bond donors (Lipinski definition) is 3. The summed E-state index contributed by atoms with van der Waals surface area (Å²) in [5.41, 5.74) is 5.44. The van der Waals surface area contributed by atoms with Crippen molar-refractivity contribution in [2.24, 2.45) is 11.8 Å². The van der Waals surface area contributed by atoms with E-state index in [9.17, 15) is 29.4 Å². The molecular formula is C59H70BCl3N8NaO15. The maximum Gasteiger partial charge on any atom is 1.00 e. The Hall–Kier alpha value is -5.91. The largest absolute Gasteiger partial charge is 1.00 e. The van der Waals surface area contributed by atoms with Crippen LogP contribution in [0.5, 0.6) is 0 Å². The number of nitrogens with zero attached hydrogens (tertiary/aromatic N) is 7. The minimum atomic E-state index is -0.750. The van der Waals surface area contributed by atoms with Crippen LogP contribution in [0.1, 0.15) is 109 Å². The molecule has 0 saturated carbocycles. The van der Waals surface area contributed by atoms with Crippen LogP contribution in [-0.4, -0.2) is 151 Å². The summed E-state index contributed by atoms with van der Waals surface area (Å²) in [6, 6.07) is 19.8. The zero-order valence-corrected chi connectivity index (χ0v) is 54.4. The number of rotatable bonds is 11. The number of alkyl halides is 3. The Morgan fingerprint density at radius 1 is 0.724 bits per heavy atom. The van der Waals surface area contributed by atoms with E-state index in [1.807, 2.05) is 96.0 Å². The van der Waals surface area contributed by atoms with E-state index < -0.39 is 46.0 Å². The van der Waals surface area contributed by atoms with E-state index in [4.69, 9.17) is 62.8 Å². The predicted molar refractivity (Wildman–Crippen MR) is 316 cm³/mol. The zero-order valence-electron chi connectivity index (χ0n) is 50.1. The molecule has 0 aliphatic carbocycles. The second-order valence-electron chi connectivity index (χ2n) is 20.5. The average molecular weight is 1270 g/mol. The molecule has 87 heavy (non-hydrogen) atoms. The molecule has 2 aromatic carbocycles. The number of aliphatic hydroxyl groups excluding tert-OH is 2. The smallest absolute Gasteiger partial charge is 0.793 e. The molecule has 3 radical (unpaired) electrons. The molecule has 10 rings (SSSR count). The molecule has 3 N–H and O–H groups in total. The van der Waals surface area contributed by atoms with Gasteiger partial charge in [0.25, 0.3) is 0 Å². The molecule has 0 amide bonds. The van der Waals surface area contributed by atoms with Gasteiger partial charge in [0.1, 0.15) is 41.3 Å². The number of hydrogen-bond acceptors (Lipinski definition) is 21. The molecule has 28 heteroatoms.